The van der Waals surface area contributed by atoms with E-state index in [-0.39, 0.29) is 0 Å². The van der Waals surface area contributed by atoms with Crippen LogP contribution in [0.15, 0.2) is 0 Å². The van der Waals surface area contributed by atoms with Crippen molar-refractivity contribution in [3.63, 3.8) is 0 Å². The second kappa shape index (κ2) is 6.58. The van der Waals surface area contributed by atoms with Gasteiger partial charge >= 0.3 is 0 Å². The Hall–Kier alpha value is -0.0800. The highest BCUT2D eigenvalue weighted by molar-refractivity contribution is 5.10. The van der Waals surface area contributed by atoms with Gasteiger partial charge in [-0.25, -0.2) is 0 Å². The average Bonchev–Trinajstić information content (AvgIpc) is 2.93. The summed E-state index contributed by atoms with van der Waals surface area (Å²) in [4.78, 5) is 0. The Balaban J connectivity index is 1.58. The van der Waals surface area contributed by atoms with E-state index in [0.717, 1.165) is 17.9 Å². The van der Waals surface area contributed by atoms with Crippen LogP contribution in [0.1, 0.15) is 78.6 Å². The lowest BCUT2D eigenvalue weighted by Gasteiger charge is -2.55. The molecule has 0 radical (unpaired) electrons. The fraction of sp³-hybridized carbons (Fsp3) is 1.00. The lowest BCUT2D eigenvalue weighted by molar-refractivity contribution is -0.172. The SMILES string of the molecule is CCCNC1CC(OC2CC(C)CC(C)C2)C12CCCC2. The first-order valence-corrected chi connectivity index (χ1v) is 9.53. The first kappa shape index (κ1) is 15.8. The van der Waals surface area contributed by atoms with Crippen LogP contribution in [0.4, 0.5) is 0 Å². The molecule has 4 atom stereocenters. The minimum atomic E-state index is 0.499. The smallest absolute Gasteiger partial charge is 0.0665 e. The van der Waals surface area contributed by atoms with E-state index >= 15 is 0 Å². The lowest BCUT2D eigenvalue weighted by Crippen LogP contribution is -2.63. The number of hydrogen-bond donors (Lipinski definition) is 1. The topological polar surface area (TPSA) is 21.3 Å². The molecular formula is C19H35NO. The van der Waals surface area contributed by atoms with Gasteiger partial charge in [-0.15, -0.1) is 0 Å². The van der Waals surface area contributed by atoms with Gasteiger partial charge in [0, 0.05) is 11.5 Å². The van der Waals surface area contributed by atoms with E-state index in [9.17, 15) is 0 Å². The predicted molar refractivity (Wildman–Crippen MR) is 88.4 cm³/mol. The van der Waals surface area contributed by atoms with E-state index in [0.29, 0.717) is 17.6 Å². The molecule has 3 aliphatic carbocycles. The largest absolute Gasteiger partial charge is 0.374 e. The van der Waals surface area contributed by atoms with Gasteiger partial charge in [-0.2, -0.15) is 0 Å². The van der Waals surface area contributed by atoms with Crippen molar-refractivity contribution in [2.24, 2.45) is 17.3 Å². The molecule has 122 valence electrons. The Morgan fingerprint density at radius 3 is 2.29 bits per heavy atom. The van der Waals surface area contributed by atoms with Gasteiger partial charge in [-0.1, -0.05) is 33.6 Å². The van der Waals surface area contributed by atoms with E-state index < -0.39 is 0 Å². The van der Waals surface area contributed by atoms with Gasteiger partial charge in [-0.3, -0.25) is 0 Å². The van der Waals surface area contributed by atoms with Gasteiger partial charge in [-0.05, 0) is 63.3 Å². The molecule has 0 aliphatic heterocycles. The van der Waals surface area contributed by atoms with Crippen LogP contribution in [0.5, 0.6) is 0 Å². The molecule has 2 heteroatoms. The Labute approximate surface area is 131 Å². The molecule has 4 unspecified atom stereocenters. The number of nitrogens with one attached hydrogen (secondary N) is 1. The normalized spacial score (nSPS) is 42.1. The summed E-state index contributed by atoms with van der Waals surface area (Å²) in [5.41, 5.74) is 0.499. The van der Waals surface area contributed by atoms with E-state index in [1.807, 2.05) is 0 Å². The van der Waals surface area contributed by atoms with E-state index in [1.54, 1.807) is 0 Å². The van der Waals surface area contributed by atoms with Crippen molar-refractivity contribution in [1.82, 2.24) is 5.32 Å². The predicted octanol–water partition coefficient (Wildman–Crippen LogP) is 4.53. The molecule has 3 rings (SSSR count). The maximum Gasteiger partial charge on any atom is 0.0665 e. The summed E-state index contributed by atoms with van der Waals surface area (Å²) in [6.45, 7) is 8.26. The van der Waals surface area contributed by atoms with Gasteiger partial charge < -0.3 is 10.1 Å². The first-order valence-electron chi connectivity index (χ1n) is 9.53. The minimum absolute atomic E-state index is 0.499. The van der Waals surface area contributed by atoms with Gasteiger partial charge in [0.25, 0.3) is 0 Å². The van der Waals surface area contributed by atoms with Crippen LogP contribution in [-0.2, 0) is 4.74 Å². The standard InChI is InChI=1S/C19H35NO/c1-4-9-20-17-13-18(19(17)7-5-6-8-19)21-16-11-14(2)10-15(3)12-16/h14-18,20H,4-13H2,1-3H3. The summed E-state index contributed by atoms with van der Waals surface area (Å²) >= 11 is 0. The van der Waals surface area contributed by atoms with Crippen molar-refractivity contribution < 1.29 is 4.74 Å². The molecule has 0 saturated heterocycles. The average molecular weight is 293 g/mol. The van der Waals surface area contributed by atoms with E-state index in [2.05, 4.69) is 26.1 Å². The maximum absolute atomic E-state index is 6.68. The quantitative estimate of drug-likeness (QED) is 0.804. The lowest BCUT2D eigenvalue weighted by atomic mass is 9.60. The van der Waals surface area contributed by atoms with Crippen LogP contribution in [0, 0.1) is 17.3 Å². The molecule has 0 aromatic heterocycles. The molecule has 21 heavy (non-hydrogen) atoms. The second-order valence-electron chi connectivity index (χ2n) is 8.35. The van der Waals surface area contributed by atoms with Crippen molar-refractivity contribution >= 4 is 0 Å². The van der Waals surface area contributed by atoms with E-state index in [1.165, 1.54) is 64.3 Å². The monoisotopic (exact) mass is 293 g/mol. The molecule has 1 spiro atoms. The summed E-state index contributed by atoms with van der Waals surface area (Å²) in [5.74, 6) is 1.71. The zero-order valence-corrected chi connectivity index (χ0v) is 14.4. The Bertz CT molecular complexity index is 326. The minimum Gasteiger partial charge on any atom is -0.374 e. The molecule has 3 aliphatic rings. The zero-order chi connectivity index (χ0) is 14.9. The third kappa shape index (κ3) is 3.17. The fourth-order valence-corrected chi connectivity index (χ4v) is 5.46. The number of hydrogen-bond acceptors (Lipinski definition) is 2. The Kier molecular flexibility index (Phi) is 4.95. The second-order valence-corrected chi connectivity index (χ2v) is 8.35. The summed E-state index contributed by atoms with van der Waals surface area (Å²) in [6, 6.07) is 0.739. The van der Waals surface area contributed by atoms with Crippen LogP contribution in [0.3, 0.4) is 0 Å². The Morgan fingerprint density at radius 1 is 1.00 bits per heavy atom. The van der Waals surface area contributed by atoms with Gasteiger partial charge in [0.15, 0.2) is 0 Å². The number of ether oxygens (including phenoxy) is 1. The molecule has 3 saturated carbocycles. The van der Waals surface area contributed by atoms with Gasteiger partial charge in [0.05, 0.1) is 12.2 Å². The van der Waals surface area contributed by atoms with Crippen LogP contribution in [0.2, 0.25) is 0 Å². The summed E-state index contributed by atoms with van der Waals surface area (Å²) in [7, 11) is 0. The molecule has 0 amide bonds. The molecule has 0 aromatic carbocycles. The third-order valence-corrected chi connectivity index (χ3v) is 6.45. The van der Waals surface area contributed by atoms with Gasteiger partial charge in [0.2, 0.25) is 0 Å². The highest BCUT2D eigenvalue weighted by atomic mass is 16.5. The first-order chi connectivity index (χ1) is 10.1. The van der Waals surface area contributed by atoms with Crippen molar-refractivity contribution in [2.45, 2.75) is 96.8 Å². The molecule has 1 N–H and O–H groups in total. The van der Waals surface area contributed by atoms with Crippen molar-refractivity contribution in [1.29, 1.82) is 0 Å². The maximum atomic E-state index is 6.68. The molecular weight excluding hydrogens is 258 g/mol. The van der Waals surface area contributed by atoms with Crippen LogP contribution in [0.25, 0.3) is 0 Å². The van der Waals surface area contributed by atoms with E-state index in [4.69, 9.17) is 4.74 Å². The molecule has 0 aromatic rings. The number of rotatable bonds is 5. The van der Waals surface area contributed by atoms with Gasteiger partial charge in [0.1, 0.15) is 0 Å². The van der Waals surface area contributed by atoms with Crippen molar-refractivity contribution in [3.8, 4) is 0 Å². The summed E-state index contributed by atoms with van der Waals surface area (Å²) in [6.07, 6.45) is 13.2. The molecule has 0 heterocycles. The third-order valence-electron chi connectivity index (χ3n) is 6.45. The van der Waals surface area contributed by atoms with Crippen molar-refractivity contribution in [3.05, 3.63) is 0 Å². The van der Waals surface area contributed by atoms with Crippen molar-refractivity contribution in [2.75, 3.05) is 6.54 Å². The molecule has 3 fully saturated rings. The van der Waals surface area contributed by atoms with Crippen LogP contribution < -0.4 is 5.32 Å². The molecule has 2 nitrogen and oxygen atoms in total. The molecule has 0 bridgehead atoms. The summed E-state index contributed by atoms with van der Waals surface area (Å²) < 4.78 is 6.68. The Morgan fingerprint density at radius 2 is 1.67 bits per heavy atom. The summed E-state index contributed by atoms with van der Waals surface area (Å²) in [5, 5.41) is 3.81. The van der Waals surface area contributed by atoms with Crippen LogP contribution >= 0.6 is 0 Å². The fourth-order valence-electron chi connectivity index (χ4n) is 5.46. The highest BCUT2D eigenvalue weighted by Gasteiger charge is 2.57. The highest BCUT2D eigenvalue weighted by Crippen LogP contribution is 2.55. The zero-order valence-electron chi connectivity index (χ0n) is 14.4. The van der Waals surface area contributed by atoms with Crippen LogP contribution in [-0.4, -0.2) is 24.8 Å².